The molecule has 0 aliphatic rings. The number of aromatic nitrogens is 3. The van der Waals surface area contributed by atoms with Crippen LogP contribution in [-0.2, 0) is 0 Å². The zero-order valence-corrected chi connectivity index (χ0v) is 18.2. The van der Waals surface area contributed by atoms with Crippen molar-refractivity contribution in [3.63, 3.8) is 0 Å². The Morgan fingerprint density at radius 2 is 1.76 bits per heavy atom. The predicted octanol–water partition coefficient (Wildman–Crippen LogP) is 6.21. The van der Waals surface area contributed by atoms with Gasteiger partial charge in [-0.25, -0.2) is 13.8 Å². The molecule has 0 saturated carbocycles. The predicted molar refractivity (Wildman–Crippen MR) is 128 cm³/mol. The van der Waals surface area contributed by atoms with Crippen molar-refractivity contribution in [1.82, 2.24) is 14.4 Å². The van der Waals surface area contributed by atoms with Crippen molar-refractivity contribution in [3.05, 3.63) is 108 Å². The number of benzene rings is 2. The summed E-state index contributed by atoms with van der Waals surface area (Å²) in [6.45, 7) is 3.11. The molecule has 5 aromatic rings. The molecule has 3 heterocycles. The fourth-order valence-corrected chi connectivity index (χ4v) is 3.67. The lowest BCUT2D eigenvalue weighted by atomic mass is 10.0. The number of nitrogens with one attached hydrogen (secondary N) is 1. The van der Waals surface area contributed by atoms with Crippen molar-refractivity contribution >= 4 is 17.1 Å². The van der Waals surface area contributed by atoms with Gasteiger partial charge in [-0.3, -0.25) is 14.2 Å². The number of rotatable bonds is 4. The maximum absolute atomic E-state index is 14.5. The molecule has 168 valence electrons. The van der Waals surface area contributed by atoms with E-state index in [1.54, 1.807) is 41.9 Å². The number of hydrogen-bond donors (Lipinski definition) is 1. The number of aryl methyl sites for hydroxylation is 1. The summed E-state index contributed by atoms with van der Waals surface area (Å²) >= 11 is 0. The van der Waals surface area contributed by atoms with Crippen molar-refractivity contribution in [3.8, 4) is 22.5 Å². The summed E-state index contributed by atoms with van der Waals surface area (Å²) < 4.78 is 62.3. The van der Waals surface area contributed by atoms with E-state index in [-0.39, 0.29) is 52.4 Å². The number of carbonyl (C=O) groups is 1. The number of halogens is 2. The van der Waals surface area contributed by atoms with Crippen molar-refractivity contribution in [2.75, 3.05) is 5.32 Å². The number of fused-ring (bicyclic) bond motifs is 1. The van der Waals surface area contributed by atoms with Gasteiger partial charge in [0.2, 0.25) is 0 Å². The molecule has 0 aliphatic heterocycles. The summed E-state index contributed by atoms with van der Waals surface area (Å²) in [5.74, 6) is -2.43. The Hall–Kier alpha value is -4.39. The van der Waals surface area contributed by atoms with E-state index in [9.17, 15) is 13.6 Å². The van der Waals surface area contributed by atoms with Gasteiger partial charge in [-0.1, -0.05) is 29.8 Å². The minimum atomic E-state index is -1.01. The smallest absolute Gasteiger partial charge is 0.257 e. The molecule has 1 N–H and O–H groups in total. The van der Waals surface area contributed by atoms with E-state index in [0.717, 1.165) is 6.07 Å². The van der Waals surface area contributed by atoms with Crippen LogP contribution >= 0.6 is 0 Å². The van der Waals surface area contributed by atoms with Gasteiger partial charge in [0.1, 0.15) is 5.82 Å². The Bertz CT molecular complexity index is 1740. The Morgan fingerprint density at radius 1 is 1.00 bits per heavy atom. The van der Waals surface area contributed by atoms with Gasteiger partial charge in [0.05, 0.1) is 34.0 Å². The highest BCUT2D eigenvalue weighted by Gasteiger charge is 2.18. The highest BCUT2D eigenvalue weighted by molar-refractivity contribution is 6.05. The molecule has 0 radical (unpaired) electrons. The van der Waals surface area contributed by atoms with Crippen molar-refractivity contribution in [1.29, 1.82) is 0 Å². The summed E-state index contributed by atoms with van der Waals surface area (Å²) in [6, 6.07) is 7.79. The second-order valence-electron chi connectivity index (χ2n) is 7.67. The Kier molecular flexibility index (Phi) is 4.29. The van der Waals surface area contributed by atoms with Gasteiger partial charge in [0.25, 0.3) is 5.91 Å². The molecule has 34 heavy (non-hydrogen) atoms. The monoisotopic (exact) mass is 458 g/mol. The van der Waals surface area contributed by atoms with Gasteiger partial charge in [-0.15, -0.1) is 0 Å². The molecule has 0 bridgehead atoms. The van der Waals surface area contributed by atoms with Crippen molar-refractivity contribution in [2.45, 2.75) is 13.8 Å². The topological polar surface area (TPSA) is 59.3 Å². The first-order valence-electron chi connectivity index (χ1n) is 12.4. The van der Waals surface area contributed by atoms with E-state index >= 15 is 0 Å². The van der Waals surface area contributed by atoms with Gasteiger partial charge in [-0.2, -0.15) is 0 Å². The van der Waals surface area contributed by atoms with E-state index in [4.69, 9.17) is 5.48 Å². The fraction of sp³-hybridized carbons (Fsp3) is 0.0741. The van der Waals surface area contributed by atoms with E-state index in [0.29, 0.717) is 22.3 Å². The normalized spacial score (nSPS) is 12.7. The molecule has 0 fully saturated rings. The van der Waals surface area contributed by atoms with Crippen LogP contribution in [0.1, 0.15) is 27.1 Å². The van der Waals surface area contributed by atoms with Crippen LogP contribution in [0.15, 0.2) is 79.2 Å². The summed E-state index contributed by atoms with van der Waals surface area (Å²) in [5, 5.41) is 2.51. The average Bonchev–Trinajstić information content (AvgIpc) is 3.35. The second-order valence-corrected chi connectivity index (χ2v) is 7.67. The maximum atomic E-state index is 14.5. The van der Waals surface area contributed by atoms with E-state index in [1.165, 1.54) is 25.3 Å². The summed E-state index contributed by atoms with van der Waals surface area (Å²) in [4.78, 5) is 21.9. The standard InChI is InChI=1S/C27H20F2N4O/c1-16-8-10-19(11-9-16)32-27(34)22-13-18(14-30-17(22)2)20-6-4-12-33-24(20)15-31-26(33)21-5-3-7-23(28)25(21)29/h3-15H,1-2H3,(H,32,34)/i8D,9D,10D,11D. The fourth-order valence-electron chi connectivity index (χ4n) is 3.67. The Balaban J connectivity index is 1.57. The van der Waals surface area contributed by atoms with Crippen LogP contribution in [0.25, 0.3) is 28.0 Å². The molecule has 2 aromatic carbocycles. The number of anilines is 1. The first kappa shape index (κ1) is 17.1. The first-order valence-corrected chi connectivity index (χ1v) is 10.4. The van der Waals surface area contributed by atoms with Gasteiger partial charge in [-0.05, 0) is 50.2 Å². The minimum absolute atomic E-state index is 0.00210. The van der Waals surface area contributed by atoms with Crippen LogP contribution in [-0.4, -0.2) is 20.3 Å². The molecular formula is C27H20F2N4O. The molecule has 5 rings (SSSR count). The zero-order valence-electron chi connectivity index (χ0n) is 22.2. The molecule has 7 heteroatoms. The molecule has 0 atom stereocenters. The zero-order chi connectivity index (χ0) is 27.3. The number of carbonyl (C=O) groups excluding carboxylic acids is 1. The third-order valence-electron chi connectivity index (χ3n) is 5.39. The highest BCUT2D eigenvalue weighted by atomic mass is 19.2. The lowest BCUT2D eigenvalue weighted by Gasteiger charge is -2.11. The van der Waals surface area contributed by atoms with Gasteiger partial charge in [0.15, 0.2) is 11.6 Å². The highest BCUT2D eigenvalue weighted by Crippen LogP contribution is 2.30. The Morgan fingerprint density at radius 3 is 2.56 bits per heavy atom. The van der Waals surface area contributed by atoms with Crippen LogP contribution in [0.4, 0.5) is 14.5 Å². The number of hydrogen-bond acceptors (Lipinski definition) is 3. The summed E-state index contributed by atoms with van der Waals surface area (Å²) in [5.41, 5.74) is 2.26. The van der Waals surface area contributed by atoms with Gasteiger partial charge < -0.3 is 5.32 Å². The number of nitrogens with zero attached hydrogens (tertiary/aromatic N) is 3. The van der Waals surface area contributed by atoms with E-state index < -0.39 is 17.5 Å². The second kappa shape index (κ2) is 8.51. The van der Waals surface area contributed by atoms with Crippen LogP contribution < -0.4 is 5.32 Å². The Labute approximate surface area is 200 Å². The lowest BCUT2D eigenvalue weighted by Crippen LogP contribution is -2.14. The maximum Gasteiger partial charge on any atom is 0.257 e. The minimum Gasteiger partial charge on any atom is -0.322 e. The average molecular weight is 459 g/mol. The van der Waals surface area contributed by atoms with Gasteiger partial charge >= 0.3 is 0 Å². The summed E-state index contributed by atoms with van der Waals surface area (Å²) in [6.07, 6.45) is 4.75. The van der Waals surface area contributed by atoms with Crippen LogP contribution in [0, 0.1) is 25.5 Å². The summed E-state index contributed by atoms with van der Waals surface area (Å²) in [7, 11) is 0. The van der Waals surface area contributed by atoms with Gasteiger partial charge in [0, 0.05) is 29.2 Å². The third-order valence-corrected chi connectivity index (χ3v) is 5.39. The molecule has 3 aromatic heterocycles. The van der Waals surface area contributed by atoms with Crippen LogP contribution in [0.3, 0.4) is 0 Å². The number of pyridine rings is 2. The molecule has 5 nitrogen and oxygen atoms in total. The van der Waals surface area contributed by atoms with Crippen molar-refractivity contribution < 1.29 is 19.1 Å². The molecule has 0 aliphatic carbocycles. The van der Waals surface area contributed by atoms with Crippen LogP contribution in [0.5, 0.6) is 0 Å². The molecule has 0 spiro atoms. The molecule has 0 unspecified atom stereocenters. The third kappa shape index (κ3) is 3.81. The van der Waals surface area contributed by atoms with Crippen LogP contribution in [0.2, 0.25) is 0 Å². The lowest BCUT2D eigenvalue weighted by molar-refractivity contribution is 0.102. The first-order chi connectivity index (χ1) is 18.1. The SMILES string of the molecule is [2H]c1c([2H])c(NC(=O)c2cc(-c3cccn4c(-c5cccc(F)c5F)ncc34)cnc2C)c([2H])c([2H])c1C. The molecular weight excluding hydrogens is 434 g/mol. The quantitative estimate of drug-likeness (QED) is 0.348. The van der Waals surface area contributed by atoms with E-state index in [2.05, 4.69) is 15.3 Å². The van der Waals surface area contributed by atoms with Crippen molar-refractivity contribution in [2.24, 2.45) is 0 Å². The van der Waals surface area contributed by atoms with E-state index in [1.807, 2.05) is 0 Å². The number of amides is 1. The molecule has 0 saturated heterocycles. The molecule has 1 amide bonds. The number of imidazole rings is 1. The largest absolute Gasteiger partial charge is 0.322 e.